The monoisotopic (exact) mass is 338 g/mol. The van der Waals surface area contributed by atoms with Gasteiger partial charge in [0.25, 0.3) is 0 Å². The van der Waals surface area contributed by atoms with Gasteiger partial charge in [0.2, 0.25) is 5.91 Å². The number of carbonyl (C=O) groups excluding carboxylic acids is 1. The maximum absolute atomic E-state index is 13.7. The van der Waals surface area contributed by atoms with Gasteiger partial charge in [0.15, 0.2) is 0 Å². The fourth-order valence-electron chi connectivity index (χ4n) is 3.74. The molecule has 0 aliphatic carbocycles. The molecule has 2 fully saturated rings. The van der Waals surface area contributed by atoms with Gasteiger partial charge >= 0.3 is 0 Å². The minimum absolute atomic E-state index is 0.129. The molecule has 24 heavy (non-hydrogen) atoms. The van der Waals surface area contributed by atoms with Crippen LogP contribution in [0.25, 0.3) is 0 Å². The van der Waals surface area contributed by atoms with Crippen LogP contribution in [0.5, 0.6) is 0 Å². The van der Waals surface area contributed by atoms with E-state index in [4.69, 9.17) is 0 Å². The molecule has 4 nitrogen and oxygen atoms in total. The van der Waals surface area contributed by atoms with Crippen molar-refractivity contribution < 1.29 is 18.7 Å². The molecular weight excluding hydrogens is 314 g/mol. The largest absolute Gasteiger partial charge is 0.387 e. The van der Waals surface area contributed by atoms with E-state index in [1.165, 1.54) is 6.07 Å². The Hall–Kier alpha value is -1.53. The lowest BCUT2D eigenvalue weighted by Crippen LogP contribution is -2.49. The molecule has 2 saturated heterocycles. The lowest BCUT2D eigenvalue weighted by molar-refractivity contribution is -0.136. The highest BCUT2D eigenvalue weighted by Crippen LogP contribution is 2.24. The molecule has 1 amide bonds. The summed E-state index contributed by atoms with van der Waals surface area (Å²) in [5.74, 6) is -1.10. The lowest BCUT2D eigenvalue weighted by atomic mass is 9.98. The summed E-state index contributed by atoms with van der Waals surface area (Å²) < 4.78 is 26.7. The maximum Gasteiger partial charge on any atom is 0.222 e. The first-order chi connectivity index (χ1) is 11.5. The van der Waals surface area contributed by atoms with Gasteiger partial charge in [0.1, 0.15) is 11.6 Å². The van der Waals surface area contributed by atoms with Crippen LogP contribution >= 0.6 is 0 Å². The molecule has 3 rings (SSSR count). The highest BCUT2D eigenvalue weighted by atomic mass is 19.1. The number of hydrogen-bond acceptors (Lipinski definition) is 3. The molecule has 6 heteroatoms. The molecule has 1 atom stereocenters. The topological polar surface area (TPSA) is 43.8 Å². The summed E-state index contributed by atoms with van der Waals surface area (Å²) in [7, 11) is 0. The summed E-state index contributed by atoms with van der Waals surface area (Å²) in [5.41, 5.74) is 0.129. The van der Waals surface area contributed by atoms with Gasteiger partial charge in [-0.2, -0.15) is 0 Å². The van der Waals surface area contributed by atoms with Gasteiger partial charge in [-0.15, -0.1) is 0 Å². The van der Waals surface area contributed by atoms with E-state index in [0.717, 1.165) is 57.5 Å². The van der Waals surface area contributed by atoms with Crippen LogP contribution < -0.4 is 0 Å². The predicted octanol–water partition coefficient (Wildman–Crippen LogP) is 2.48. The van der Waals surface area contributed by atoms with Crippen LogP contribution in [0.2, 0.25) is 0 Å². The third-order valence-corrected chi connectivity index (χ3v) is 5.11. The van der Waals surface area contributed by atoms with Gasteiger partial charge in [-0.3, -0.25) is 4.79 Å². The second-order valence-electron chi connectivity index (χ2n) is 6.76. The van der Waals surface area contributed by atoms with E-state index in [1.807, 2.05) is 4.90 Å². The van der Waals surface area contributed by atoms with E-state index in [9.17, 15) is 18.7 Å². The van der Waals surface area contributed by atoms with Crippen LogP contribution in [0.4, 0.5) is 8.78 Å². The Morgan fingerprint density at radius 1 is 1.17 bits per heavy atom. The Balaban J connectivity index is 1.52. The predicted molar refractivity (Wildman–Crippen MR) is 86.3 cm³/mol. The first kappa shape index (κ1) is 17.3. The third kappa shape index (κ3) is 3.92. The molecule has 0 radical (unpaired) electrons. The van der Waals surface area contributed by atoms with Crippen molar-refractivity contribution in [3.63, 3.8) is 0 Å². The Labute approximate surface area is 141 Å². The SMILES string of the molecule is O=C1CCCCN1C1CCN(CC(O)c2ccc(F)cc2F)CC1. The number of nitrogens with zero attached hydrogens (tertiary/aromatic N) is 2. The van der Waals surface area contributed by atoms with Gasteiger partial charge < -0.3 is 14.9 Å². The molecule has 0 saturated carbocycles. The molecule has 1 N–H and O–H groups in total. The van der Waals surface area contributed by atoms with Crippen LogP contribution in [-0.2, 0) is 4.79 Å². The summed E-state index contributed by atoms with van der Waals surface area (Å²) in [6, 6.07) is 3.55. The molecular formula is C18H24F2N2O2. The number of hydrogen-bond donors (Lipinski definition) is 1. The lowest BCUT2D eigenvalue weighted by Gasteiger charge is -2.40. The van der Waals surface area contributed by atoms with Crippen molar-refractivity contribution in [1.29, 1.82) is 0 Å². The number of piperidine rings is 2. The Bertz CT molecular complexity index is 588. The molecule has 2 heterocycles. The minimum atomic E-state index is -0.973. The van der Waals surface area contributed by atoms with Crippen molar-refractivity contribution in [2.45, 2.75) is 44.2 Å². The number of carbonyl (C=O) groups is 1. The third-order valence-electron chi connectivity index (χ3n) is 5.11. The highest BCUT2D eigenvalue weighted by Gasteiger charge is 2.30. The van der Waals surface area contributed by atoms with Crippen molar-refractivity contribution in [2.75, 3.05) is 26.2 Å². The maximum atomic E-state index is 13.7. The number of halogens is 2. The summed E-state index contributed by atoms with van der Waals surface area (Å²) >= 11 is 0. The molecule has 2 aliphatic rings. The van der Waals surface area contributed by atoms with Crippen molar-refractivity contribution in [3.8, 4) is 0 Å². The minimum Gasteiger partial charge on any atom is -0.387 e. The second-order valence-corrected chi connectivity index (χ2v) is 6.76. The van der Waals surface area contributed by atoms with Crippen LogP contribution in [0.15, 0.2) is 18.2 Å². The molecule has 1 aromatic carbocycles. The number of β-amino-alcohol motifs (C(OH)–C–C–N with tert-alkyl or cyclic N) is 1. The highest BCUT2D eigenvalue weighted by molar-refractivity contribution is 5.77. The van der Waals surface area contributed by atoms with Crippen molar-refractivity contribution in [2.24, 2.45) is 0 Å². The van der Waals surface area contributed by atoms with Crippen LogP contribution in [-0.4, -0.2) is 53.0 Å². The molecule has 0 spiro atoms. The molecule has 132 valence electrons. The zero-order chi connectivity index (χ0) is 17.1. The number of aliphatic hydroxyl groups excluding tert-OH is 1. The Morgan fingerprint density at radius 2 is 1.92 bits per heavy atom. The molecule has 1 unspecified atom stereocenters. The number of benzene rings is 1. The van der Waals surface area contributed by atoms with E-state index in [1.54, 1.807) is 0 Å². The van der Waals surface area contributed by atoms with Crippen molar-refractivity contribution in [1.82, 2.24) is 9.80 Å². The summed E-state index contributed by atoms with van der Waals surface area (Å²) in [6.07, 6.45) is 3.51. The molecule has 0 bridgehead atoms. The van der Waals surface area contributed by atoms with Crippen LogP contribution in [0.3, 0.4) is 0 Å². The summed E-state index contributed by atoms with van der Waals surface area (Å²) in [6.45, 7) is 2.72. The van der Waals surface area contributed by atoms with Crippen molar-refractivity contribution in [3.05, 3.63) is 35.4 Å². The smallest absolute Gasteiger partial charge is 0.222 e. The molecule has 0 aromatic heterocycles. The zero-order valence-corrected chi connectivity index (χ0v) is 13.8. The van der Waals surface area contributed by atoms with Gasteiger partial charge in [-0.25, -0.2) is 8.78 Å². The van der Waals surface area contributed by atoms with Gasteiger partial charge in [0.05, 0.1) is 6.10 Å². The average molecular weight is 338 g/mol. The average Bonchev–Trinajstić information content (AvgIpc) is 2.56. The quantitative estimate of drug-likeness (QED) is 0.917. The van der Waals surface area contributed by atoms with Crippen molar-refractivity contribution >= 4 is 5.91 Å². The summed E-state index contributed by atoms with van der Waals surface area (Å²) in [4.78, 5) is 16.1. The van der Waals surface area contributed by atoms with E-state index >= 15 is 0 Å². The van der Waals surface area contributed by atoms with Gasteiger partial charge in [-0.05, 0) is 31.7 Å². The summed E-state index contributed by atoms with van der Waals surface area (Å²) in [5, 5.41) is 10.2. The number of aliphatic hydroxyl groups is 1. The Morgan fingerprint density at radius 3 is 2.58 bits per heavy atom. The van der Waals surface area contributed by atoms with E-state index in [2.05, 4.69) is 4.90 Å². The number of likely N-dealkylation sites (tertiary alicyclic amines) is 2. The number of amides is 1. The normalized spacial score (nSPS) is 22.0. The molecule has 1 aromatic rings. The first-order valence-corrected chi connectivity index (χ1v) is 8.69. The fourth-order valence-corrected chi connectivity index (χ4v) is 3.74. The van der Waals surface area contributed by atoms with Crippen LogP contribution in [0.1, 0.15) is 43.8 Å². The number of rotatable bonds is 4. The zero-order valence-electron chi connectivity index (χ0n) is 13.8. The second kappa shape index (κ2) is 7.57. The molecule has 2 aliphatic heterocycles. The van der Waals surface area contributed by atoms with E-state index < -0.39 is 17.7 Å². The van der Waals surface area contributed by atoms with Gasteiger partial charge in [0, 0.05) is 50.3 Å². The van der Waals surface area contributed by atoms with E-state index in [-0.39, 0.29) is 17.5 Å². The fraction of sp³-hybridized carbons (Fsp3) is 0.611. The van der Waals surface area contributed by atoms with Gasteiger partial charge in [-0.1, -0.05) is 6.07 Å². The Kier molecular flexibility index (Phi) is 5.46. The standard InChI is InChI=1S/C18H24F2N2O2/c19-13-4-5-15(16(20)11-13)17(23)12-21-9-6-14(7-10-21)22-8-2-1-3-18(22)24/h4-5,11,14,17,23H,1-3,6-10,12H2. The van der Waals surface area contributed by atoms with E-state index in [0.29, 0.717) is 13.0 Å². The van der Waals surface area contributed by atoms with Crippen LogP contribution in [0, 0.1) is 11.6 Å². The first-order valence-electron chi connectivity index (χ1n) is 8.69.